The third-order valence-electron chi connectivity index (χ3n) is 5.52. The molecule has 1 aliphatic heterocycles. The van der Waals surface area contributed by atoms with Crippen LogP contribution in [0.15, 0.2) is 27.8 Å². The third kappa shape index (κ3) is 6.23. The van der Waals surface area contributed by atoms with Crippen LogP contribution in [0.25, 0.3) is 0 Å². The van der Waals surface area contributed by atoms with Crippen molar-refractivity contribution in [3.8, 4) is 0 Å². The zero-order valence-corrected chi connectivity index (χ0v) is 16.9. The van der Waals surface area contributed by atoms with E-state index in [1.807, 2.05) is 23.9 Å². The first kappa shape index (κ1) is 19.6. The molecular formula is C20H34N4OS. The van der Waals surface area contributed by atoms with E-state index in [2.05, 4.69) is 21.8 Å². The second kappa shape index (κ2) is 10.9. The van der Waals surface area contributed by atoms with Crippen LogP contribution in [-0.2, 0) is 6.42 Å². The standard InChI is InChI=1S/C20H34N4OS/c1-26-16-12-22-20(21-11-8-19-7-4-15-25-19)23-17-9-13-24(14-10-17)18-5-2-3-6-18/h4,7,15,17-18H,2-3,5-6,8-14,16H2,1H3,(H2,21,22,23). The molecular weight excluding hydrogens is 344 g/mol. The van der Waals surface area contributed by atoms with Gasteiger partial charge in [0.1, 0.15) is 5.76 Å². The van der Waals surface area contributed by atoms with E-state index >= 15 is 0 Å². The molecule has 0 aromatic carbocycles. The highest BCUT2D eigenvalue weighted by Gasteiger charge is 2.27. The van der Waals surface area contributed by atoms with Crippen LogP contribution in [0, 0.1) is 0 Å². The first-order valence-corrected chi connectivity index (χ1v) is 11.5. The number of rotatable bonds is 8. The van der Waals surface area contributed by atoms with Crippen LogP contribution in [0.2, 0.25) is 0 Å². The Morgan fingerprint density at radius 1 is 1.27 bits per heavy atom. The Morgan fingerprint density at radius 3 is 2.77 bits per heavy atom. The fraction of sp³-hybridized carbons (Fsp3) is 0.750. The summed E-state index contributed by atoms with van der Waals surface area (Å²) in [6.45, 7) is 4.16. The predicted octanol–water partition coefficient (Wildman–Crippen LogP) is 3.13. The Kier molecular flexibility index (Phi) is 8.21. The Hall–Kier alpha value is -1.14. The first-order chi connectivity index (χ1) is 12.8. The summed E-state index contributed by atoms with van der Waals surface area (Å²) >= 11 is 1.84. The van der Waals surface area contributed by atoms with E-state index in [0.717, 1.165) is 43.0 Å². The van der Waals surface area contributed by atoms with Crippen molar-refractivity contribution < 1.29 is 4.42 Å². The Bertz CT molecular complexity index is 520. The number of piperidine rings is 1. The lowest BCUT2D eigenvalue weighted by atomic mass is 10.0. The summed E-state index contributed by atoms with van der Waals surface area (Å²) in [5.41, 5.74) is 0. The lowest BCUT2D eigenvalue weighted by molar-refractivity contribution is 0.150. The average Bonchev–Trinajstić information content (AvgIpc) is 3.36. The van der Waals surface area contributed by atoms with Gasteiger partial charge in [-0.2, -0.15) is 11.8 Å². The molecule has 2 fully saturated rings. The van der Waals surface area contributed by atoms with Gasteiger partial charge in [0, 0.05) is 43.9 Å². The molecule has 1 aromatic rings. The first-order valence-electron chi connectivity index (χ1n) is 10.2. The molecule has 26 heavy (non-hydrogen) atoms. The van der Waals surface area contributed by atoms with Crippen molar-refractivity contribution in [2.75, 3.05) is 38.2 Å². The molecule has 1 aliphatic carbocycles. The summed E-state index contributed by atoms with van der Waals surface area (Å²) < 4.78 is 5.42. The number of aliphatic imine (C=N–C) groups is 1. The van der Waals surface area contributed by atoms with Crippen molar-refractivity contribution in [3.63, 3.8) is 0 Å². The number of hydrogen-bond acceptors (Lipinski definition) is 4. The maximum atomic E-state index is 5.42. The molecule has 2 aliphatic rings. The number of furan rings is 1. The molecule has 3 rings (SSSR count). The minimum atomic E-state index is 0.539. The van der Waals surface area contributed by atoms with Gasteiger partial charge in [0.2, 0.25) is 0 Å². The average molecular weight is 379 g/mol. The Labute approximate surface area is 162 Å². The second-order valence-electron chi connectivity index (χ2n) is 7.37. The monoisotopic (exact) mass is 378 g/mol. The van der Waals surface area contributed by atoms with E-state index in [-0.39, 0.29) is 0 Å². The summed E-state index contributed by atoms with van der Waals surface area (Å²) in [5.74, 6) is 3.04. The number of likely N-dealkylation sites (tertiary alicyclic amines) is 1. The topological polar surface area (TPSA) is 52.8 Å². The fourth-order valence-electron chi connectivity index (χ4n) is 4.03. The maximum Gasteiger partial charge on any atom is 0.191 e. The van der Waals surface area contributed by atoms with Crippen LogP contribution >= 0.6 is 11.8 Å². The van der Waals surface area contributed by atoms with E-state index in [1.165, 1.54) is 51.6 Å². The van der Waals surface area contributed by atoms with Gasteiger partial charge in [0.05, 0.1) is 12.8 Å². The number of nitrogens with one attached hydrogen (secondary N) is 2. The van der Waals surface area contributed by atoms with E-state index < -0.39 is 0 Å². The minimum absolute atomic E-state index is 0.539. The van der Waals surface area contributed by atoms with Gasteiger partial charge >= 0.3 is 0 Å². The van der Waals surface area contributed by atoms with E-state index in [1.54, 1.807) is 6.26 Å². The number of thioether (sulfide) groups is 1. The smallest absolute Gasteiger partial charge is 0.191 e. The molecule has 1 saturated carbocycles. The predicted molar refractivity (Wildman–Crippen MR) is 111 cm³/mol. The zero-order valence-electron chi connectivity index (χ0n) is 16.1. The molecule has 0 unspecified atom stereocenters. The summed E-state index contributed by atoms with van der Waals surface area (Å²) in [5, 5.41) is 7.17. The highest BCUT2D eigenvalue weighted by atomic mass is 32.2. The van der Waals surface area contributed by atoms with E-state index in [9.17, 15) is 0 Å². The molecule has 146 valence electrons. The third-order valence-corrected chi connectivity index (χ3v) is 6.11. The van der Waals surface area contributed by atoms with Crippen molar-refractivity contribution in [2.45, 2.75) is 57.0 Å². The molecule has 1 aromatic heterocycles. The molecule has 0 spiro atoms. The molecule has 5 nitrogen and oxygen atoms in total. The number of hydrogen-bond donors (Lipinski definition) is 2. The zero-order chi connectivity index (χ0) is 18.0. The lowest BCUT2D eigenvalue weighted by Gasteiger charge is -2.36. The summed E-state index contributed by atoms with van der Waals surface area (Å²) in [7, 11) is 0. The summed E-state index contributed by atoms with van der Waals surface area (Å²) in [6, 6.07) is 5.37. The Balaban J connectivity index is 1.43. The maximum absolute atomic E-state index is 5.42. The van der Waals surface area contributed by atoms with Crippen molar-refractivity contribution in [2.24, 2.45) is 4.99 Å². The highest BCUT2D eigenvalue weighted by Crippen LogP contribution is 2.26. The van der Waals surface area contributed by atoms with Crippen LogP contribution in [0.5, 0.6) is 0 Å². The molecule has 2 N–H and O–H groups in total. The van der Waals surface area contributed by atoms with Gasteiger partial charge in [0.25, 0.3) is 0 Å². The lowest BCUT2D eigenvalue weighted by Crippen LogP contribution is -2.50. The molecule has 6 heteroatoms. The van der Waals surface area contributed by atoms with Gasteiger partial charge in [-0.3, -0.25) is 4.99 Å². The van der Waals surface area contributed by atoms with E-state index in [4.69, 9.17) is 9.41 Å². The second-order valence-corrected chi connectivity index (χ2v) is 8.36. The van der Waals surface area contributed by atoms with Crippen molar-refractivity contribution in [1.29, 1.82) is 0 Å². The Morgan fingerprint density at radius 2 is 2.08 bits per heavy atom. The van der Waals surface area contributed by atoms with Crippen molar-refractivity contribution in [3.05, 3.63) is 24.2 Å². The van der Waals surface area contributed by atoms with Crippen LogP contribution in [0.3, 0.4) is 0 Å². The summed E-state index contributed by atoms with van der Waals surface area (Å²) in [4.78, 5) is 7.47. The van der Waals surface area contributed by atoms with Crippen LogP contribution < -0.4 is 10.6 Å². The van der Waals surface area contributed by atoms with Gasteiger partial charge in [-0.1, -0.05) is 12.8 Å². The number of nitrogens with zero attached hydrogens (tertiary/aromatic N) is 2. The number of guanidine groups is 1. The van der Waals surface area contributed by atoms with Gasteiger partial charge < -0.3 is 20.0 Å². The van der Waals surface area contributed by atoms with Gasteiger partial charge in [-0.15, -0.1) is 0 Å². The summed E-state index contributed by atoms with van der Waals surface area (Å²) in [6.07, 6.45) is 12.9. The normalized spacial score (nSPS) is 20.6. The van der Waals surface area contributed by atoms with Crippen molar-refractivity contribution in [1.82, 2.24) is 15.5 Å². The molecule has 0 atom stereocenters. The largest absolute Gasteiger partial charge is 0.469 e. The van der Waals surface area contributed by atoms with Crippen LogP contribution in [-0.4, -0.2) is 61.1 Å². The molecule has 0 radical (unpaired) electrons. The van der Waals surface area contributed by atoms with Gasteiger partial charge in [-0.25, -0.2) is 0 Å². The van der Waals surface area contributed by atoms with Crippen LogP contribution in [0.1, 0.15) is 44.3 Å². The van der Waals surface area contributed by atoms with E-state index in [0.29, 0.717) is 6.04 Å². The molecule has 0 amide bonds. The van der Waals surface area contributed by atoms with Gasteiger partial charge in [0.15, 0.2) is 5.96 Å². The highest BCUT2D eigenvalue weighted by molar-refractivity contribution is 7.98. The van der Waals surface area contributed by atoms with Gasteiger partial charge in [-0.05, 0) is 44.1 Å². The van der Waals surface area contributed by atoms with Crippen LogP contribution in [0.4, 0.5) is 0 Å². The fourth-order valence-corrected chi connectivity index (χ4v) is 4.31. The minimum Gasteiger partial charge on any atom is -0.469 e. The molecule has 2 heterocycles. The molecule has 1 saturated heterocycles. The molecule has 0 bridgehead atoms. The quantitative estimate of drug-likeness (QED) is 0.413. The van der Waals surface area contributed by atoms with Crippen molar-refractivity contribution >= 4 is 17.7 Å². The SMILES string of the molecule is CSCCN=C(NCCc1ccco1)NC1CCN(C2CCCC2)CC1.